The lowest BCUT2D eigenvalue weighted by Gasteiger charge is -2.30. The molecule has 0 saturated carbocycles. The van der Waals surface area contributed by atoms with E-state index in [1.54, 1.807) is 0 Å². The lowest BCUT2D eigenvalue weighted by molar-refractivity contribution is 0.0523. The van der Waals surface area contributed by atoms with E-state index >= 15 is 0 Å². The number of aliphatic hydroxyl groups is 1. The van der Waals surface area contributed by atoms with E-state index in [2.05, 4.69) is 47.9 Å². The van der Waals surface area contributed by atoms with Crippen molar-refractivity contribution in [3.8, 4) is 5.75 Å². The maximum Gasteiger partial charge on any atom is 0.151 e. The van der Waals surface area contributed by atoms with Crippen LogP contribution in [0.1, 0.15) is 37.0 Å². The highest BCUT2D eigenvalue weighted by Crippen LogP contribution is 2.23. The van der Waals surface area contributed by atoms with Crippen molar-refractivity contribution in [2.45, 2.75) is 52.8 Å². The summed E-state index contributed by atoms with van der Waals surface area (Å²) in [5.41, 5.74) is 4.50. The highest BCUT2D eigenvalue weighted by molar-refractivity contribution is 7.91. The fourth-order valence-electron chi connectivity index (χ4n) is 4.43. The van der Waals surface area contributed by atoms with Crippen LogP contribution in [0.25, 0.3) is 0 Å². The summed E-state index contributed by atoms with van der Waals surface area (Å²) in [6.45, 7) is 11.4. The summed E-state index contributed by atoms with van der Waals surface area (Å²) in [7, 11) is -3.02. The molecular formula is C26H38N2O4S. The van der Waals surface area contributed by atoms with E-state index in [-0.39, 0.29) is 24.2 Å². The highest BCUT2D eigenvalue weighted by atomic mass is 32.2. The molecule has 1 saturated heterocycles. The van der Waals surface area contributed by atoms with Crippen LogP contribution in [0.5, 0.6) is 5.75 Å². The molecule has 2 aromatic carbocycles. The van der Waals surface area contributed by atoms with Gasteiger partial charge in [0.1, 0.15) is 18.5 Å². The predicted molar refractivity (Wildman–Crippen MR) is 135 cm³/mol. The van der Waals surface area contributed by atoms with Crippen molar-refractivity contribution in [1.82, 2.24) is 4.90 Å². The van der Waals surface area contributed by atoms with Gasteiger partial charge in [-0.15, -0.1) is 0 Å². The maximum absolute atomic E-state index is 12.1. The summed E-state index contributed by atoms with van der Waals surface area (Å²) in [6.07, 6.45) is -0.118. The average molecular weight is 475 g/mol. The van der Waals surface area contributed by atoms with E-state index in [0.29, 0.717) is 19.5 Å². The molecule has 6 nitrogen and oxygen atoms in total. The number of aliphatic hydroxyl groups excluding tert-OH is 1. The number of anilines is 1. The van der Waals surface area contributed by atoms with Gasteiger partial charge in [0, 0.05) is 37.9 Å². The Labute approximate surface area is 199 Å². The number of sulfone groups is 1. The smallest absolute Gasteiger partial charge is 0.151 e. The summed E-state index contributed by atoms with van der Waals surface area (Å²) in [5, 5.41) is 10.8. The van der Waals surface area contributed by atoms with Gasteiger partial charge in [0.05, 0.1) is 11.5 Å². The molecule has 0 bridgehead atoms. The minimum Gasteiger partial charge on any atom is -0.491 e. The lowest BCUT2D eigenvalue weighted by Crippen LogP contribution is -2.42. The molecule has 0 amide bonds. The molecule has 0 radical (unpaired) electrons. The lowest BCUT2D eigenvalue weighted by atomic mass is 10.1. The van der Waals surface area contributed by atoms with Crippen LogP contribution in [-0.4, -0.2) is 68.3 Å². The number of rotatable bonds is 11. The molecule has 2 atom stereocenters. The molecule has 1 fully saturated rings. The fraction of sp³-hybridized carbons (Fsp3) is 0.538. The second-order valence-corrected chi connectivity index (χ2v) is 11.2. The molecule has 0 aromatic heterocycles. The van der Waals surface area contributed by atoms with E-state index in [1.807, 2.05) is 32.0 Å². The van der Waals surface area contributed by atoms with E-state index in [4.69, 9.17) is 4.74 Å². The zero-order chi connectivity index (χ0) is 24.0. The van der Waals surface area contributed by atoms with E-state index in [0.717, 1.165) is 35.5 Å². The van der Waals surface area contributed by atoms with Crippen LogP contribution in [0, 0.1) is 13.8 Å². The summed E-state index contributed by atoms with van der Waals surface area (Å²) < 4.78 is 30.2. The third-order valence-electron chi connectivity index (χ3n) is 6.61. The van der Waals surface area contributed by atoms with Crippen LogP contribution < -0.4 is 9.64 Å². The van der Waals surface area contributed by atoms with Crippen LogP contribution in [0.4, 0.5) is 5.69 Å². The maximum atomic E-state index is 12.1. The van der Waals surface area contributed by atoms with Crippen LogP contribution in [-0.2, 0) is 16.4 Å². The highest BCUT2D eigenvalue weighted by Gasteiger charge is 2.33. The Morgan fingerprint density at radius 2 is 1.79 bits per heavy atom. The molecule has 1 aliphatic heterocycles. The van der Waals surface area contributed by atoms with Crippen molar-refractivity contribution in [2.75, 3.05) is 42.6 Å². The summed E-state index contributed by atoms with van der Waals surface area (Å²) in [6, 6.07) is 14.2. The van der Waals surface area contributed by atoms with Crippen molar-refractivity contribution in [3.63, 3.8) is 0 Å². The van der Waals surface area contributed by atoms with E-state index in [9.17, 15) is 13.5 Å². The summed E-state index contributed by atoms with van der Waals surface area (Å²) in [4.78, 5) is 4.40. The van der Waals surface area contributed by atoms with Gasteiger partial charge >= 0.3 is 0 Å². The third-order valence-corrected chi connectivity index (χ3v) is 8.36. The molecule has 1 N–H and O–H groups in total. The van der Waals surface area contributed by atoms with Gasteiger partial charge in [-0.3, -0.25) is 4.90 Å². The van der Waals surface area contributed by atoms with E-state index in [1.165, 1.54) is 5.69 Å². The molecule has 0 spiro atoms. The van der Waals surface area contributed by atoms with Gasteiger partial charge < -0.3 is 14.7 Å². The van der Waals surface area contributed by atoms with Gasteiger partial charge in [-0.1, -0.05) is 24.3 Å². The molecule has 3 rings (SSSR count). The molecule has 33 heavy (non-hydrogen) atoms. The molecular weight excluding hydrogens is 436 g/mol. The number of benzene rings is 2. The average Bonchev–Trinajstić information content (AvgIpc) is 3.16. The molecule has 1 heterocycles. The molecule has 182 valence electrons. The van der Waals surface area contributed by atoms with Gasteiger partial charge in [0.2, 0.25) is 0 Å². The van der Waals surface area contributed by atoms with Crippen LogP contribution in [0.15, 0.2) is 42.5 Å². The van der Waals surface area contributed by atoms with E-state index < -0.39 is 15.9 Å². The Balaban J connectivity index is 1.68. The van der Waals surface area contributed by atoms with Gasteiger partial charge in [0.15, 0.2) is 9.84 Å². The standard InChI is InChI=1S/C26H38N2O4S/c1-5-27(6-2)23-12-10-22(11-13-23)16-28(24-14-15-33(30,31)19-24)17-25(29)18-32-26-9-7-8-20(3)21(26)4/h7-13,24-25,29H,5-6,14-19H2,1-4H3. The first-order valence-corrected chi connectivity index (χ1v) is 13.7. The van der Waals surface area contributed by atoms with Crippen LogP contribution in [0.2, 0.25) is 0 Å². The van der Waals surface area contributed by atoms with Crippen LogP contribution >= 0.6 is 0 Å². The number of nitrogens with zero attached hydrogens (tertiary/aromatic N) is 2. The second kappa shape index (κ2) is 11.4. The van der Waals surface area contributed by atoms with Gasteiger partial charge in [-0.25, -0.2) is 8.42 Å². The Kier molecular flexibility index (Phi) is 8.79. The number of ether oxygens (including phenoxy) is 1. The van der Waals surface area contributed by atoms with Crippen molar-refractivity contribution in [3.05, 3.63) is 59.2 Å². The van der Waals surface area contributed by atoms with Gasteiger partial charge in [-0.05, 0) is 69.0 Å². The van der Waals surface area contributed by atoms with Crippen molar-refractivity contribution >= 4 is 15.5 Å². The molecule has 2 unspecified atom stereocenters. The topological polar surface area (TPSA) is 70.1 Å². The fourth-order valence-corrected chi connectivity index (χ4v) is 6.19. The Morgan fingerprint density at radius 1 is 1.09 bits per heavy atom. The quantitative estimate of drug-likeness (QED) is 0.537. The minimum atomic E-state index is -3.02. The first-order chi connectivity index (χ1) is 15.7. The second-order valence-electron chi connectivity index (χ2n) is 8.99. The first-order valence-electron chi connectivity index (χ1n) is 11.9. The number of aryl methyl sites for hydroxylation is 1. The van der Waals surface area contributed by atoms with Crippen molar-refractivity contribution in [1.29, 1.82) is 0 Å². The Bertz CT molecular complexity index is 1000. The normalized spacial score (nSPS) is 18.4. The predicted octanol–water partition coefficient (Wildman–Crippen LogP) is 3.58. The zero-order valence-corrected chi connectivity index (χ0v) is 21.1. The molecule has 7 heteroatoms. The molecule has 2 aromatic rings. The van der Waals surface area contributed by atoms with Crippen molar-refractivity contribution < 1.29 is 18.3 Å². The SMILES string of the molecule is CCN(CC)c1ccc(CN(CC(O)COc2cccc(C)c2C)C2CCS(=O)(=O)C2)cc1. The summed E-state index contributed by atoms with van der Waals surface area (Å²) >= 11 is 0. The summed E-state index contributed by atoms with van der Waals surface area (Å²) in [5.74, 6) is 1.13. The zero-order valence-electron chi connectivity index (χ0n) is 20.3. The van der Waals surface area contributed by atoms with Gasteiger partial charge in [-0.2, -0.15) is 0 Å². The van der Waals surface area contributed by atoms with Gasteiger partial charge in [0.25, 0.3) is 0 Å². The Morgan fingerprint density at radius 3 is 2.39 bits per heavy atom. The minimum absolute atomic E-state index is 0.0900. The monoisotopic (exact) mass is 474 g/mol. The molecule has 0 aliphatic carbocycles. The number of hydrogen-bond donors (Lipinski definition) is 1. The van der Waals surface area contributed by atoms with Crippen LogP contribution in [0.3, 0.4) is 0 Å². The Hall–Kier alpha value is -2.09. The number of hydrogen-bond acceptors (Lipinski definition) is 6. The first kappa shape index (κ1) is 25.5. The molecule has 1 aliphatic rings. The largest absolute Gasteiger partial charge is 0.491 e. The third kappa shape index (κ3) is 6.95. The van der Waals surface area contributed by atoms with Crippen molar-refractivity contribution in [2.24, 2.45) is 0 Å².